The molecule has 1 aliphatic heterocycles. The first-order valence-corrected chi connectivity index (χ1v) is 9.72. The number of rotatable bonds is 5. The normalized spacial score (nSPS) is 17.6. The highest BCUT2D eigenvalue weighted by Gasteiger charge is 2.25. The molecule has 0 bridgehead atoms. The van der Waals surface area contributed by atoms with Crippen molar-refractivity contribution in [3.8, 4) is 0 Å². The minimum atomic E-state index is -3.52. The van der Waals surface area contributed by atoms with Crippen molar-refractivity contribution in [1.82, 2.24) is 9.62 Å². The first kappa shape index (κ1) is 16.7. The number of benzene rings is 1. The molecule has 1 aromatic rings. The van der Waals surface area contributed by atoms with Gasteiger partial charge in [-0.25, -0.2) is 12.8 Å². The Bertz CT molecular complexity index is 570. The van der Waals surface area contributed by atoms with Crippen molar-refractivity contribution in [2.24, 2.45) is 0 Å². The molecule has 7 heteroatoms. The number of halogens is 1. The zero-order valence-electron chi connectivity index (χ0n) is 12.1. The zero-order valence-corrected chi connectivity index (χ0v) is 13.8. The average Bonchev–Trinajstić information content (AvgIpc) is 2.75. The van der Waals surface area contributed by atoms with E-state index in [1.807, 2.05) is 6.92 Å². The van der Waals surface area contributed by atoms with Gasteiger partial charge in [0.2, 0.25) is 10.0 Å². The maximum Gasteiger partial charge on any atom is 0.243 e. The molecule has 118 valence electrons. The summed E-state index contributed by atoms with van der Waals surface area (Å²) in [6, 6.07) is 4.05. The van der Waals surface area contributed by atoms with E-state index < -0.39 is 10.0 Å². The van der Waals surface area contributed by atoms with Crippen LogP contribution in [0.3, 0.4) is 0 Å². The Hall–Kier alpha value is -0.630. The molecule has 0 radical (unpaired) electrons. The van der Waals surface area contributed by atoms with Crippen LogP contribution in [0.15, 0.2) is 23.1 Å². The Labute approximate surface area is 130 Å². The van der Waals surface area contributed by atoms with Gasteiger partial charge in [-0.2, -0.15) is 16.1 Å². The topological polar surface area (TPSA) is 49.4 Å². The number of nitrogens with zero attached hydrogens (tertiary/aromatic N) is 1. The van der Waals surface area contributed by atoms with Gasteiger partial charge in [0.15, 0.2) is 0 Å². The van der Waals surface area contributed by atoms with E-state index in [0.717, 1.165) is 17.9 Å². The maximum absolute atomic E-state index is 13.7. The summed E-state index contributed by atoms with van der Waals surface area (Å²) < 4.78 is 40.6. The number of nitrogens with one attached hydrogen (secondary N) is 1. The van der Waals surface area contributed by atoms with Crippen molar-refractivity contribution in [2.75, 3.05) is 31.1 Å². The van der Waals surface area contributed by atoms with Gasteiger partial charge in [0.1, 0.15) is 5.82 Å². The van der Waals surface area contributed by atoms with Crippen molar-refractivity contribution in [2.45, 2.75) is 24.8 Å². The van der Waals surface area contributed by atoms with Gasteiger partial charge in [-0.15, -0.1) is 0 Å². The Kier molecular flexibility index (Phi) is 6.04. The third kappa shape index (κ3) is 4.18. The monoisotopic (exact) mass is 332 g/mol. The minimum absolute atomic E-state index is 0.184. The lowest BCUT2D eigenvalue weighted by Gasteiger charge is -2.20. The number of hydrogen-bond donors (Lipinski definition) is 1. The third-order valence-electron chi connectivity index (χ3n) is 3.40. The molecule has 1 N–H and O–H groups in total. The quantitative estimate of drug-likeness (QED) is 0.897. The summed E-state index contributed by atoms with van der Waals surface area (Å²) in [6.45, 7) is 4.02. The summed E-state index contributed by atoms with van der Waals surface area (Å²) in [5.74, 6) is 1.42. The van der Waals surface area contributed by atoms with E-state index in [-0.39, 0.29) is 10.7 Å². The van der Waals surface area contributed by atoms with Crippen LogP contribution in [-0.2, 0) is 16.6 Å². The van der Waals surface area contributed by atoms with Crippen molar-refractivity contribution < 1.29 is 12.8 Å². The Balaban J connectivity index is 2.26. The van der Waals surface area contributed by atoms with Crippen molar-refractivity contribution in [1.29, 1.82) is 0 Å². The molecule has 2 rings (SSSR count). The van der Waals surface area contributed by atoms with Crippen LogP contribution in [0.4, 0.5) is 4.39 Å². The Morgan fingerprint density at radius 3 is 2.90 bits per heavy atom. The molecule has 1 saturated heterocycles. The van der Waals surface area contributed by atoms with Gasteiger partial charge < -0.3 is 5.32 Å². The second kappa shape index (κ2) is 7.58. The molecule has 1 fully saturated rings. The van der Waals surface area contributed by atoms with Gasteiger partial charge >= 0.3 is 0 Å². The fraction of sp³-hybridized carbons (Fsp3) is 0.571. The summed E-state index contributed by atoms with van der Waals surface area (Å²) in [6.07, 6.45) is 0.856. The molecule has 21 heavy (non-hydrogen) atoms. The molecule has 0 spiro atoms. The van der Waals surface area contributed by atoms with E-state index in [1.54, 1.807) is 11.8 Å². The van der Waals surface area contributed by atoms with Gasteiger partial charge in [-0.1, -0.05) is 6.92 Å². The Morgan fingerprint density at radius 2 is 2.14 bits per heavy atom. The largest absolute Gasteiger partial charge is 0.313 e. The molecule has 1 heterocycles. The van der Waals surface area contributed by atoms with E-state index in [9.17, 15) is 12.8 Å². The Morgan fingerprint density at radius 1 is 1.33 bits per heavy atom. The van der Waals surface area contributed by atoms with Crippen LogP contribution in [0.25, 0.3) is 0 Å². The van der Waals surface area contributed by atoms with Crippen LogP contribution in [0, 0.1) is 5.82 Å². The van der Waals surface area contributed by atoms with Gasteiger partial charge in [0.25, 0.3) is 0 Å². The molecule has 1 aliphatic rings. The predicted molar refractivity (Wildman–Crippen MR) is 84.5 cm³/mol. The first-order valence-electron chi connectivity index (χ1n) is 7.12. The van der Waals surface area contributed by atoms with Crippen LogP contribution in [0.5, 0.6) is 0 Å². The van der Waals surface area contributed by atoms with E-state index in [1.165, 1.54) is 22.5 Å². The lowest BCUT2D eigenvalue weighted by molar-refractivity contribution is 0.434. The van der Waals surface area contributed by atoms with Crippen molar-refractivity contribution in [3.05, 3.63) is 29.6 Å². The zero-order chi connectivity index (χ0) is 15.3. The van der Waals surface area contributed by atoms with Gasteiger partial charge in [0.05, 0.1) is 4.90 Å². The summed E-state index contributed by atoms with van der Waals surface area (Å²) in [4.78, 5) is 0.184. The molecule has 4 nitrogen and oxygen atoms in total. The fourth-order valence-electron chi connectivity index (χ4n) is 2.22. The molecular weight excluding hydrogens is 311 g/mol. The van der Waals surface area contributed by atoms with Crippen molar-refractivity contribution in [3.63, 3.8) is 0 Å². The summed E-state index contributed by atoms with van der Waals surface area (Å²) in [5, 5.41) is 3.02. The highest BCUT2D eigenvalue weighted by molar-refractivity contribution is 7.99. The predicted octanol–water partition coefficient (Wildman–Crippen LogP) is 2.06. The highest BCUT2D eigenvalue weighted by atomic mass is 32.2. The van der Waals surface area contributed by atoms with Crippen LogP contribution in [0.1, 0.15) is 18.9 Å². The van der Waals surface area contributed by atoms with Crippen LogP contribution < -0.4 is 5.32 Å². The molecule has 0 saturated carbocycles. The van der Waals surface area contributed by atoms with E-state index >= 15 is 0 Å². The smallest absolute Gasteiger partial charge is 0.243 e. The standard InChI is InChI=1S/C14H21FN2O2S2/c1-2-16-11-12-10-13(4-5-14(12)15)21(18,19)17-6-3-8-20-9-7-17/h4-5,10,16H,2-3,6-9,11H2,1H3. The number of thioether (sulfide) groups is 1. The average molecular weight is 332 g/mol. The van der Waals surface area contributed by atoms with E-state index in [0.29, 0.717) is 31.7 Å². The molecule has 0 amide bonds. The number of hydrogen-bond acceptors (Lipinski definition) is 4. The summed E-state index contributed by atoms with van der Waals surface area (Å²) in [7, 11) is -3.52. The highest BCUT2D eigenvalue weighted by Crippen LogP contribution is 2.22. The first-order chi connectivity index (χ1) is 10.1. The molecular formula is C14H21FN2O2S2. The maximum atomic E-state index is 13.7. The van der Waals surface area contributed by atoms with Crippen LogP contribution in [-0.4, -0.2) is 43.9 Å². The van der Waals surface area contributed by atoms with Crippen LogP contribution >= 0.6 is 11.8 Å². The van der Waals surface area contributed by atoms with E-state index in [2.05, 4.69) is 5.32 Å². The van der Waals surface area contributed by atoms with Gasteiger partial charge in [-0.3, -0.25) is 0 Å². The summed E-state index contributed by atoms with van der Waals surface area (Å²) in [5.41, 5.74) is 0.391. The summed E-state index contributed by atoms with van der Waals surface area (Å²) >= 11 is 1.77. The molecule has 0 aromatic heterocycles. The lowest BCUT2D eigenvalue weighted by atomic mass is 10.2. The molecule has 1 aromatic carbocycles. The SMILES string of the molecule is CCNCc1cc(S(=O)(=O)N2CCCSCC2)ccc1F. The van der Waals surface area contributed by atoms with Crippen LogP contribution in [0.2, 0.25) is 0 Å². The second-order valence-corrected chi connectivity index (χ2v) is 8.07. The van der Waals surface area contributed by atoms with Gasteiger partial charge in [0, 0.05) is 31.0 Å². The number of sulfonamides is 1. The molecule has 0 atom stereocenters. The fourth-order valence-corrected chi connectivity index (χ4v) is 4.75. The minimum Gasteiger partial charge on any atom is -0.313 e. The molecule has 0 unspecified atom stereocenters. The third-order valence-corrected chi connectivity index (χ3v) is 6.34. The van der Waals surface area contributed by atoms with Gasteiger partial charge in [-0.05, 0) is 36.9 Å². The van der Waals surface area contributed by atoms with Crippen molar-refractivity contribution >= 4 is 21.8 Å². The van der Waals surface area contributed by atoms with E-state index in [4.69, 9.17) is 0 Å². The molecule has 0 aliphatic carbocycles. The second-order valence-electron chi connectivity index (χ2n) is 4.90. The lowest BCUT2D eigenvalue weighted by Crippen LogP contribution is -2.33.